The SMILES string of the molecule is CC(C)(C)OC(=O)N1CCc2ncnc(Cl)c2C1. The minimum absolute atomic E-state index is 0.326. The van der Waals surface area contributed by atoms with E-state index in [4.69, 9.17) is 16.3 Å². The zero-order chi connectivity index (χ0) is 13.3. The number of aromatic nitrogens is 2. The second kappa shape index (κ2) is 4.72. The van der Waals surface area contributed by atoms with E-state index in [1.165, 1.54) is 6.33 Å². The molecule has 1 aromatic rings. The van der Waals surface area contributed by atoms with Gasteiger partial charge in [0.05, 0.1) is 12.2 Å². The highest BCUT2D eigenvalue weighted by molar-refractivity contribution is 6.30. The summed E-state index contributed by atoms with van der Waals surface area (Å²) in [5.74, 6) is 0. The standard InChI is InChI=1S/C12H16ClN3O2/c1-12(2,3)18-11(17)16-5-4-9-8(6-16)10(13)15-7-14-9/h7H,4-6H2,1-3H3. The fourth-order valence-electron chi connectivity index (χ4n) is 1.79. The maximum absolute atomic E-state index is 12.0. The molecule has 0 unspecified atom stereocenters. The van der Waals surface area contributed by atoms with E-state index >= 15 is 0 Å². The van der Waals surface area contributed by atoms with Gasteiger partial charge in [0.25, 0.3) is 0 Å². The van der Waals surface area contributed by atoms with Gasteiger partial charge in [-0.1, -0.05) is 11.6 Å². The van der Waals surface area contributed by atoms with Crippen molar-refractivity contribution in [2.24, 2.45) is 0 Å². The Bertz CT molecular complexity index is 471. The third-order valence-corrected chi connectivity index (χ3v) is 2.93. The Morgan fingerprint density at radius 2 is 2.17 bits per heavy atom. The van der Waals surface area contributed by atoms with Gasteiger partial charge in [0, 0.05) is 18.5 Å². The van der Waals surface area contributed by atoms with E-state index < -0.39 is 5.60 Å². The number of hydrogen-bond acceptors (Lipinski definition) is 4. The van der Waals surface area contributed by atoms with Crippen molar-refractivity contribution in [3.63, 3.8) is 0 Å². The molecule has 0 bridgehead atoms. The van der Waals surface area contributed by atoms with Crippen molar-refractivity contribution >= 4 is 17.7 Å². The monoisotopic (exact) mass is 269 g/mol. The Kier molecular flexibility index (Phi) is 3.43. The lowest BCUT2D eigenvalue weighted by Gasteiger charge is -2.30. The van der Waals surface area contributed by atoms with Crippen LogP contribution in [0.5, 0.6) is 0 Å². The van der Waals surface area contributed by atoms with Gasteiger partial charge in [0.1, 0.15) is 17.1 Å². The maximum atomic E-state index is 12.0. The number of nitrogens with zero attached hydrogens (tertiary/aromatic N) is 3. The molecule has 2 heterocycles. The van der Waals surface area contributed by atoms with Crippen LogP contribution in [0.1, 0.15) is 32.0 Å². The molecule has 0 N–H and O–H groups in total. The molecule has 98 valence electrons. The summed E-state index contributed by atoms with van der Waals surface area (Å²) >= 11 is 6.02. The van der Waals surface area contributed by atoms with Crippen molar-refractivity contribution in [3.05, 3.63) is 22.7 Å². The Morgan fingerprint density at radius 1 is 1.44 bits per heavy atom. The lowest BCUT2D eigenvalue weighted by molar-refractivity contribution is 0.0222. The molecule has 1 aliphatic rings. The van der Waals surface area contributed by atoms with Gasteiger partial charge in [0.2, 0.25) is 0 Å². The molecule has 0 aromatic carbocycles. The highest BCUT2D eigenvalue weighted by Crippen LogP contribution is 2.23. The van der Waals surface area contributed by atoms with E-state index in [-0.39, 0.29) is 6.09 Å². The lowest BCUT2D eigenvalue weighted by Crippen LogP contribution is -2.40. The largest absolute Gasteiger partial charge is 0.444 e. The summed E-state index contributed by atoms with van der Waals surface area (Å²) in [7, 11) is 0. The van der Waals surface area contributed by atoms with E-state index in [0.29, 0.717) is 24.7 Å². The molecule has 0 radical (unpaired) electrons. The Labute approximate surface area is 111 Å². The molecular formula is C12H16ClN3O2. The third kappa shape index (κ3) is 2.90. The Hall–Kier alpha value is -1.36. The molecule has 2 rings (SSSR count). The number of halogens is 1. The number of hydrogen-bond donors (Lipinski definition) is 0. The van der Waals surface area contributed by atoms with E-state index in [9.17, 15) is 4.79 Å². The van der Waals surface area contributed by atoms with Crippen LogP contribution in [0.2, 0.25) is 5.15 Å². The molecule has 1 amide bonds. The molecular weight excluding hydrogens is 254 g/mol. The molecule has 0 aliphatic carbocycles. The van der Waals surface area contributed by atoms with E-state index in [0.717, 1.165) is 11.3 Å². The summed E-state index contributed by atoms with van der Waals surface area (Å²) in [5, 5.41) is 0.410. The lowest BCUT2D eigenvalue weighted by atomic mass is 10.1. The first-order valence-electron chi connectivity index (χ1n) is 5.83. The number of fused-ring (bicyclic) bond motifs is 1. The third-order valence-electron chi connectivity index (χ3n) is 2.60. The summed E-state index contributed by atoms with van der Waals surface area (Å²) in [5.41, 5.74) is 1.24. The number of rotatable bonds is 0. The quantitative estimate of drug-likeness (QED) is 0.679. The van der Waals surface area contributed by atoms with Crippen molar-refractivity contribution in [2.75, 3.05) is 6.54 Å². The first-order valence-corrected chi connectivity index (χ1v) is 6.21. The second-order valence-corrected chi connectivity index (χ2v) is 5.60. The average molecular weight is 270 g/mol. The molecule has 1 aromatic heterocycles. The first-order chi connectivity index (χ1) is 8.37. The smallest absolute Gasteiger partial charge is 0.410 e. The zero-order valence-electron chi connectivity index (χ0n) is 10.7. The van der Waals surface area contributed by atoms with Crippen LogP contribution in [0.4, 0.5) is 4.79 Å². The van der Waals surface area contributed by atoms with Gasteiger partial charge < -0.3 is 9.64 Å². The Balaban J connectivity index is 2.12. The highest BCUT2D eigenvalue weighted by atomic mass is 35.5. The van der Waals surface area contributed by atoms with Crippen LogP contribution in [0.3, 0.4) is 0 Å². The van der Waals surface area contributed by atoms with Gasteiger partial charge in [-0.25, -0.2) is 14.8 Å². The average Bonchev–Trinajstić information content (AvgIpc) is 2.27. The fraction of sp³-hybridized carbons (Fsp3) is 0.583. The minimum Gasteiger partial charge on any atom is -0.444 e. The molecule has 6 heteroatoms. The van der Waals surface area contributed by atoms with Crippen molar-refractivity contribution < 1.29 is 9.53 Å². The highest BCUT2D eigenvalue weighted by Gasteiger charge is 2.27. The van der Waals surface area contributed by atoms with Crippen molar-refractivity contribution in [1.29, 1.82) is 0 Å². The van der Waals surface area contributed by atoms with Crippen LogP contribution in [0.25, 0.3) is 0 Å². The van der Waals surface area contributed by atoms with Crippen LogP contribution < -0.4 is 0 Å². The van der Waals surface area contributed by atoms with Crippen molar-refractivity contribution in [1.82, 2.24) is 14.9 Å². The van der Waals surface area contributed by atoms with Gasteiger partial charge in [-0.15, -0.1) is 0 Å². The molecule has 1 aliphatic heterocycles. The Morgan fingerprint density at radius 3 is 2.83 bits per heavy atom. The van der Waals surface area contributed by atoms with Crippen LogP contribution >= 0.6 is 11.6 Å². The van der Waals surface area contributed by atoms with Crippen molar-refractivity contribution in [3.8, 4) is 0 Å². The van der Waals surface area contributed by atoms with Crippen LogP contribution in [-0.4, -0.2) is 33.1 Å². The summed E-state index contributed by atoms with van der Waals surface area (Å²) in [4.78, 5) is 21.7. The number of ether oxygens (including phenoxy) is 1. The zero-order valence-corrected chi connectivity index (χ0v) is 11.5. The summed E-state index contributed by atoms with van der Waals surface area (Å²) in [6.07, 6.45) is 1.80. The van der Waals surface area contributed by atoms with Gasteiger partial charge in [-0.3, -0.25) is 0 Å². The van der Waals surface area contributed by atoms with Crippen LogP contribution in [0.15, 0.2) is 6.33 Å². The van der Waals surface area contributed by atoms with Gasteiger partial charge >= 0.3 is 6.09 Å². The van der Waals surface area contributed by atoms with Crippen molar-refractivity contribution in [2.45, 2.75) is 39.3 Å². The van der Waals surface area contributed by atoms with Gasteiger partial charge in [-0.05, 0) is 20.8 Å². The predicted octanol–water partition coefficient (Wildman–Crippen LogP) is 2.42. The molecule has 0 atom stereocenters. The first kappa shape index (κ1) is 13.1. The van der Waals surface area contributed by atoms with Gasteiger partial charge in [-0.2, -0.15) is 0 Å². The maximum Gasteiger partial charge on any atom is 0.410 e. The van der Waals surface area contributed by atoms with Gasteiger partial charge in [0.15, 0.2) is 0 Å². The number of carbonyl (C=O) groups excluding carboxylic acids is 1. The molecule has 18 heavy (non-hydrogen) atoms. The summed E-state index contributed by atoms with van der Waals surface area (Å²) in [6, 6.07) is 0. The summed E-state index contributed by atoms with van der Waals surface area (Å²) in [6.45, 7) is 6.54. The molecule has 0 saturated heterocycles. The van der Waals surface area contributed by atoms with E-state index in [1.54, 1.807) is 4.90 Å². The second-order valence-electron chi connectivity index (χ2n) is 5.24. The summed E-state index contributed by atoms with van der Waals surface area (Å²) < 4.78 is 5.34. The molecule has 0 fully saturated rings. The van der Waals surface area contributed by atoms with Crippen LogP contribution in [-0.2, 0) is 17.7 Å². The minimum atomic E-state index is -0.492. The molecule has 5 nitrogen and oxygen atoms in total. The number of amides is 1. The fourth-order valence-corrected chi connectivity index (χ4v) is 2.00. The normalized spacial score (nSPS) is 15.2. The molecule has 0 saturated carbocycles. The predicted molar refractivity (Wildman–Crippen MR) is 67.4 cm³/mol. The van der Waals surface area contributed by atoms with E-state index in [2.05, 4.69) is 9.97 Å². The topological polar surface area (TPSA) is 55.3 Å². The number of carbonyl (C=O) groups is 1. The van der Waals surface area contributed by atoms with E-state index in [1.807, 2.05) is 20.8 Å². The molecule has 0 spiro atoms. The van der Waals surface area contributed by atoms with Crippen LogP contribution in [0, 0.1) is 0 Å².